The summed E-state index contributed by atoms with van der Waals surface area (Å²) in [6.45, 7) is 3.21. The van der Waals surface area contributed by atoms with Crippen LogP contribution in [-0.2, 0) is 4.79 Å². The normalized spacial score (nSPS) is 14.9. The zero-order chi connectivity index (χ0) is 25.7. The van der Waals surface area contributed by atoms with Gasteiger partial charge in [-0.2, -0.15) is 0 Å². The predicted octanol–water partition coefficient (Wildman–Crippen LogP) is 3.63. The lowest BCUT2D eigenvalue weighted by Crippen LogP contribution is -2.45. The van der Waals surface area contributed by atoms with E-state index in [0.717, 1.165) is 4.57 Å². The van der Waals surface area contributed by atoms with Crippen molar-refractivity contribution in [2.75, 3.05) is 25.0 Å². The average molecular weight is 496 g/mol. The number of rotatable bonds is 7. The van der Waals surface area contributed by atoms with Gasteiger partial charge in [-0.3, -0.25) is 14.7 Å². The van der Waals surface area contributed by atoms with Crippen LogP contribution < -0.4 is 15.4 Å². The highest BCUT2D eigenvalue weighted by atomic mass is 16.5. The first kappa shape index (κ1) is 25.0. The highest BCUT2D eigenvalue weighted by molar-refractivity contribution is 5.90. The van der Waals surface area contributed by atoms with Crippen molar-refractivity contribution in [2.24, 2.45) is 0 Å². The molecule has 4 N–H and O–H groups in total. The summed E-state index contributed by atoms with van der Waals surface area (Å²) in [6.07, 6.45) is 3.87. The Hall–Kier alpha value is -4.12. The fraction of sp³-hybridized carbons (Fsp3) is 0.360. The molecule has 1 fully saturated rings. The van der Waals surface area contributed by atoms with Gasteiger partial charge in [0.05, 0.1) is 11.1 Å². The number of amides is 3. The number of hydrogen-bond acceptors (Lipinski definition) is 6. The zero-order valence-electron chi connectivity index (χ0n) is 19.9. The van der Waals surface area contributed by atoms with E-state index < -0.39 is 17.7 Å². The van der Waals surface area contributed by atoms with Crippen molar-refractivity contribution in [3.63, 3.8) is 0 Å². The Balaban J connectivity index is 1.23. The monoisotopic (exact) mass is 495 g/mol. The summed E-state index contributed by atoms with van der Waals surface area (Å²) in [5, 5.41) is 25.3. The van der Waals surface area contributed by atoms with Gasteiger partial charge in [0.15, 0.2) is 0 Å². The number of piperidine rings is 1. The second kappa shape index (κ2) is 10.6. The molecule has 0 spiro atoms. The van der Waals surface area contributed by atoms with E-state index in [-0.39, 0.29) is 5.91 Å². The van der Waals surface area contributed by atoms with Crippen molar-refractivity contribution in [1.29, 1.82) is 0 Å². The van der Waals surface area contributed by atoms with Gasteiger partial charge < -0.3 is 25.2 Å². The van der Waals surface area contributed by atoms with E-state index in [9.17, 15) is 24.6 Å². The van der Waals surface area contributed by atoms with Gasteiger partial charge >= 0.3 is 12.1 Å². The lowest BCUT2D eigenvalue weighted by atomic mass is 9.93. The molecule has 1 aliphatic rings. The molecule has 1 aromatic carbocycles. The summed E-state index contributed by atoms with van der Waals surface area (Å²) in [7, 11) is 0. The highest BCUT2D eigenvalue weighted by Crippen LogP contribution is 2.27. The van der Waals surface area contributed by atoms with E-state index in [1.54, 1.807) is 48.2 Å². The molecule has 3 aromatic rings. The number of aliphatic hydroxyl groups is 1. The quantitative estimate of drug-likeness (QED) is 0.366. The van der Waals surface area contributed by atoms with Crippen molar-refractivity contribution >= 4 is 34.8 Å². The van der Waals surface area contributed by atoms with E-state index in [4.69, 9.17) is 4.74 Å². The molecule has 0 bridgehead atoms. The van der Waals surface area contributed by atoms with Crippen LogP contribution in [0.4, 0.5) is 15.4 Å². The Morgan fingerprint density at radius 3 is 2.61 bits per heavy atom. The Morgan fingerprint density at radius 2 is 1.86 bits per heavy atom. The second-order valence-electron chi connectivity index (χ2n) is 9.03. The zero-order valence-corrected chi connectivity index (χ0v) is 19.9. The second-order valence-corrected chi connectivity index (χ2v) is 9.03. The molecule has 190 valence electrons. The van der Waals surface area contributed by atoms with Gasteiger partial charge in [0.1, 0.15) is 17.3 Å². The van der Waals surface area contributed by atoms with Gasteiger partial charge in [-0.15, -0.1) is 0 Å². The molecular formula is C25H29N5O6. The van der Waals surface area contributed by atoms with Crippen molar-refractivity contribution in [1.82, 2.24) is 19.8 Å². The van der Waals surface area contributed by atoms with Crippen molar-refractivity contribution in [3.8, 4) is 11.5 Å². The fourth-order valence-electron chi connectivity index (χ4n) is 4.03. The number of carbonyl (C=O) groups is 3. The van der Waals surface area contributed by atoms with Crippen LogP contribution in [0.5, 0.6) is 11.5 Å². The highest BCUT2D eigenvalue weighted by Gasteiger charge is 2.29. The summed E-state index contributed by atoms with van der Waals surface area (Å²) in [6, 6.07) is 9.50. The SMILES string of the molecule is CC1(O)CCN(C(=O)CCCNC(=O)Nc2cc(Oc3ccc4c(ccn4C(=O)O)c3)ccn2)CC1. The van der Waals surface area contributed by atoms with E-state index >= 15 is 0 Å². The van der Waals surface area contributed by atoms with Crippen LogP contribution in [0.25, 0.3) is 10.9 Å². The minimum atomic E-state index is -1.06. The molecule has 36 heavy (non-hydrogen) atoms. The maximum absolute atomic E-state index is 12.3. The van der Waals surface area contributed by atoms with E-state index in [1.165, 1.54) is 12.4 Å². The maximum Gasteiger partial charge on any atom is 0.415 e. The summed E-state index contributed by atoms with van der Waals surface area (Å²) in [5.74, 6) is 1.27. The third-order valence-electron chi connectivity index (χ3n) is 6.12. The molecular weight excluding hydrogens is 466 g/mol. The van der Waals surface area contributed by atoms with Gasteiger partial charge in [0.25, 0.3) is 0 Å². The molecule has 0 aliphatic carbocycles. The minimum absolute atomic E-state index is 0.0249. The van der Waals surface area contributed by atoms with Gasteiger partial charge in [-0.05, 0) is 56.5 Å². The maximum atomic E-state index is 12.3. The molecule has 11 nitrogen and oxygen atoms in total. The van der Waals surface area contributed by atoms with Crippen LogP contribution in [0, 0.1) is 0 Å². The smallest absolute Gasteiger partial charge is 0.415 e. The van der Waals surface area contributed by atoms with E-state index in [1.807, 2.05) is 0 Å². The summed E-state index contributed by atoms with van der Waals surface area (Å²) in [4.78, 5) is 41.6. The number of anilines is 1. The number of urea groups is 1. The first-order valence-corrected chi connectivity index (χ1v) is 11.7. The van der Waals surface area contributed by atoms with Crippen molar-refractivity contribution in [3.05, 3.63) is 48.8 Å². The molecule has 4 rings (SSSR count). The number of aromatic nitrogens is 2. The first-order chi connectivity index (χ1) is 17.2. The molecule has 3 heterocycles. The van der Waals surface area contributed by atoms with Crippen LogP contribution in [0.3, 0.4) is 0 Å². The molecule has 1 aliphatic heterocycles. The lowest BCUT2D eigenvalue weighted by Gasteiger charge is -2.35. The number of fused-ring (bicyclic) bond motifs is 1. The molecule has 3 amide bonds. The van der Waals surface area contributed by atoms with Gasteiger partial charge in [0, 0.05) is 49.9 Å². The molecule has 2 aromatic heterocycles. The topological polar surface area (TPSA) is 146 Å². The number of nitrogens with zero attached hydrogens (tertiary/aromatic N) is 3. The van der Waals surface area contributed by atoms with Crippen LogP contribution >= 0.6 is 0 Å². The molecule has 1 saturated heterocycles. The molecule has 0 unspecified atom stereocenters. The number of pyridine rings is 1. The predicted molar refractivity (Wildman–Crippen MR) is 132 cm³/mol. The van der Waals surface area contributed by atoms with E-state index in [0.29, 0.717) is 73.5 Å². The summed E-state index contributed by atoms with van der Waals surface area (Å²) >= 11 is 0. The van der Waals surface area contributed by atoms with Gasteiger partial charge in [-0.25, -0.2) is 14.6 Å². The number of ether oxygens (including phenoxy) is 1. The minimum Gasteiger partial charge on any atom is -0.464 e. The molecule has 0 atom stereocenters. The average Bonchev–Trinajstić information content (AvgIpc) is 3.25. The Kier molecular flexibility index (Phi) is 7.39. The van der Waals surface area contributed by atoms with Crippen LogP contribution in [-0.4, -0.2) is 67.9 Å². The number of carboxylic acid groups (broad SMARTS) is 1. The van der Waals surface area contributed by atoms with Crippen LogP contribution in [0.15, 0.2) is 48.8 Å². The number of likely N-dealkylation sites (tertiary alicyclic amines) is 1. The Morgan fingerprint density at radius 1 is 1.11 bits per heavy atom. The van der Waals surface area contributed by atoms with Crippen LogP contribution in [0.1, 0.15) is 32.6 Å². The lowest BCUT2D eigenvalue weighted by molar-refractivity contribution is -0.135. The Labute approximate surface area is 207 Å². The third-order valence-corrected chi connectivity index (χ3v) is 6.12. The van der Waals surface area contributed by atoms with Crippen molar-refractivity contribution in [2.45, 2.75) is 38.2 Å². The largest absolute Gasteiger partial charge is 0.464 e. The van der Waals surface area contributed by atoms with Gasteiger partial charge in [0.2, 0.25) is 5.91 Å². The number of nitrogens with one attached hydrogen (secondary N) is 2. The standard InChI is InChI=1S/C25H29N5O6/c1-25(35)8-13-29(14-9-25)22(31)3-2-10-27-23(32)28-21-16-19(6-11-26-21)36-18-4-5-20-17(15-18)7-12-30(20)24(33)34/h4-7,11-12,15-16,35H,2-3,8-10,13-14H2,1H3,(H,33,34)(H2,26,27,28,32). The first-order valence-electron chi connectivity index (χ1n) is 11.7. The van der Waals surface area contributed by atoms with Crippen molar-refractivity contribution < 1.29 is 29.3 Å². The summed E-state index contributed by atoms with van der Waals surface area (Å²) < 4.78 is 6.97. The third kappa shape index (κ3) is 6.30. The molecule has 0 saturated carbocycles. The number of carbonyl (C=O) groups excluding carboxylic acids is 2. The fourth-order valence-corrected chi connectivity index (χ4v) is 4.03. The molecule has 0 radical (unpaired) electrons. The number of hydrogen-bond donors (Lipinski definition) is 4. The number of benzene rings is 1. The van der Waals surface area contributed by atoms with Gasteiger partial charge in [-0.1, -0.05) is 0 Å². The van der Waals surface area contributed by atoms with Crippen LogP contribution in [0.2, 0.25) is 0 Å². The summed E-state index contributed by atoms with van der Waals surface area (Å²) in [5.41, 5.74) is -0.149. The van der Waals surface area contributed by atoms with E-state index in [2.05, 4.69) is 15.6 Å². The molecule has 11 heteroatoms. The Bertz CT molecular complexity index is 1260.